The number of aromatic nitrogens is 2. The van der Waals surface area contributed by atoms with Crippen LogP contribution in [-0.2, 0) is 6.42 Å². The lowest BCUT2D eigenvalue weighted by Crippen LogP contribution is -2.04. The number of para-hydroxylation sites is 1. The highest BCUT2D eigenvalue weighted by molar-refractivity contribution is 5.93. The molecule has 0 unspecified atom stereocenters. The van der Waals surface area contributed by atoms with Crippen LogP contribution < -0.4 is 5.32 Å². The van der Waals surface area contributed by atoms with Crippen LogP contribution in [0.1, 0.15) is 25.3 Å². The molecule has 0 atom stereocenters. The van der Waals surface area contributed by atoms with Gasteiger partial charge in [-0.05, 0) is 26.3 Å². The lowest BCUT2D eigenvalue weighted by molar-refractivity contribution is 0.579. The maximum absolute atomic E-state index is 5.83. The zero-order chi connectivity index (χ0) is 14.8. The molecule has 0 amide bonds. The summed E-state index contributed by atoms with van der Waals surface area (Å²) in [7, 11) is 0. The average Bonchev–Trinajstić information content (AvgIpc) is 2.83. The number of furan rings is 1. The predicted molar refractivity (Wildman–Crippen MR) is 85.5 cm³/mol. The molecule has 0 spiro atoms. The van der Waals surface area contributed by atoms with Crippen LogP contribution in [0, 0.1) is 6.92 Å². The van der Waals surface area contributed by atoms with Gasteiger partial charge in [-0.1, -0.05) is 25.1 Å². The van der Waals surface area contributed by atoms with Gasteiger partial charge in [0, 0.05) is 23.7 Å². The van der Waals surface area contributed by atoms with Gasteiger partial charge in [-0.2, -0.15) is 0 Å². The van der Waals surface area contributed by atoms with Crippen LogP contribution in [0.2, 0.25) is 0 Å². The van der Waals surface area contributed by atoms with Crippen LogP contribution in [0.15, 0.2) is 34.7 Å². The fraction of sp³-hybridized carbons (Fsp3) is 0.294. The number of benzene rings is 1. The fourth-order valence-corrected chi connectivity index (χ4v) is 2.51. The van der Waals surface area contributed by atoms with Crippen molar-refractivity contribution in [3.63, 3.8) is 0 Å². The maximum Gasteiger partial charge on any atom is 0.165 e. The molecule has 0 aliphatic heterocycles. The van der Waals surface area contributed by atoms with Crippen molar-refractivity contribution in [2.24, 2.45) is 0 Å². The predicted octanol–water partition coefficient (Wildman–Crippen LogP) is 4.19. The van der Waals surface area contributed by atoms with Crippen LogP contribution in [0.4, 0.5) is 5.82 Å². The van der Waals surface area contributed by atoms with Gasteiger partial charge in [0.25, 0.3) is 0 Å². The molecule has 0 saturated heterocycles. The zero-order valence-electron chi connectivity index (χ0n) is 12.6. The molecule has 4 nitrogen and oxygen atoms in total. The number of aryl methyl sites for hydroxylation is 2. The molecule has 1 aromatic carbocycles. The van der Waals surface area contributed by atoms with Gasteiger partial charge in [0.05, 0.1) is 5.56 Å². The summed E-state index contributed by atoms with van der Waals surface area (Å²) >= 11 is 0. The largest absolute Gasteiger partial charge is 0.461 e. The highest BCUT2D eigenvalue weighted by Crippen LogP contribution is 2.33. The third kappa shape index (κ3) is 2.49. The van der Waals surface area contributed by atoms with Crippen molar-refractivity contribution in [2.45, 2.75) is 27.2 Å². The number of hydrogen-bond acceptors (Lipinski definition) is 4. The molecule has 0 radical (unpaired) electrons. The van der Waals surface area contributed by atoms with Gasteiger partial charge < -0.3 is 9.73 Å². The Labute approximate surface area is 124 Å². The number of anilines is 1. The molecule has 21 heavy (non-hydrogen) atoms. The van der Waals surface area contributed by atoms with E-state index in [4.69, 9.17) is 4.42 Å². The van der Waals surface area contributed by atoms with Crippen LogP contribution in [-0.4, -0.2) is 16.5 Å². The highest BCUT2D eigenvalue weighted by atomic mass is 16.3. The molecule has 0 bridgehead atoms. The number of nitrogens with one attached hydrogen (secondary N) is 1. The Morgan fingerprint density at radius 3 is 2.71 bits per heavy atom. The second-order valence-electron chi connectivity index (χ2n) is 4.98. The van der Waals surface area contributed by atoms with E-state index in [0.717, 1.165) is 52.6 Å². The zero-order valence-corrected chi connectivity index (χ0v) is 12.6. The third-order valence-electron chi connectivity index (χ3n) is 3.49. The second-order valence-corrected chi connectivity index (χ2v) is 4.98. The third-order valence-corrected chi connectivity index (χ3v) is 3.49. The van der Waals surface area contributed by atoms with E-state index in [1.807, 2.05) is 31.2 Å². The normalized spacial score (nSPS) is 11.0. The summed E-state index contributed by atoms with van der Waals surface area (Å²) in [5.74, 6) is 2.45. The lowest BCUT2D eigenvalue weighted by atomic mass is 10.1. The van der Waals surface area contributed by atoms with Gasteiger partial charge in [0.1, 0.15) is 17.2 Å². The summed E-state index contributed by atoms with van der Waals surface area (Å²) in [5.41, 5.74) is 2.89. The number of nitrogens with zero attached hydrogens (tertiary/aromatic N) is 2. The Bertz CT molecular complexity index is 777. The Hall–Kier alpha value is -2.36. The molecular weight excluding hydrogens is 262 g/mol. The van der Waals surface area contributed by atoms with Crippen molar-refractivity contribution in [3.05, 3.63) is 41.8 Å². The van der Waals surface area contributed by atoms with E-state index in [-0.39, 0.29) is 0 Å². The Morgan fingerprint density at radius 1 is 1.14 bits per heavy atom. The van der Waals surface area contributed by atoms with Gasteiger partial charge in [0.2, 0.25) is 0 Å². The molecular formula is C17H19N3O. The molecule has 2 aromatic heterocycles. The summed E-state index contributed by atoms with van der Waals surface area (Å²) in [5, 5.41) is 4.33. The molecule has 4 heteroatoms. The van der Waals surface area contributed by atoms with E-state index in [0.29, 0.717) is 0 Å². The first kappa shape index (κ1) is 13.6. The highest BCUT2D eigenvalue weighted by Gasteiger charge is 2.16. The molecule has 2 heterocycles. The number of rotatable bonds is 4. The van der Waals surface area contributed by atoms with Crippen LogP contribution in [0.25, 0.3) is 22.4 Å². The Balaban J connectivity index is 2.22. The van der Waals surface area contributed by atoms with Crippen LogP contribution in [0.5, 0.6) is 0 Å². The quantitative estimate of drug-likeness (QED) is 0.779. The van der Waals surface area contributed by atoms with E-state index < -0.39 is 0 Å². The number of hydrogen-bond donors (Lipinski definition) is 1. The first-order valence-corrected chi connectivity index (χ1v) is 7.33. The standard InChI is InChI=1S/C17H19N3O/c1-4-12-10-15(18-5-2)20-17(19-12)16-11(3)21-14-9-7-6-8-13(14)16/h6-10H,4-5H2,1-3H3,(H,18,19,20). The van der Waals surface area contributed by atoms with E-state index in [1.165, 1.54) is 0 Å². The average molecular weight is 281 g/mol. The summed E-state index contributed by atoms with van der Waals surface area (Å²) in [4.78, 5) is 9.32. The van der Waals surface area contributed by atoms with Crippen molar-refractivity contribution >= 4 is 16.8 Å². The minimum atomic E-state index is 0.729. The van der Waals surface area contributed by atoms with Crippen molar-refractivity contribution in [3.8, 4) is 11.4 Å². The second kappa shape index (κ2) is 5.56. The number of fused-ring (bicyclic) bond motifs is 1. The molecule has 0 fully saturated rings. The van der Waals surface area contributed by atoms with Gasteiger partial charge in [-0.25, -0.2) is 9.97 Å². The van der Waals surface area contributed by atoms with Gasteiger partial charge >= 0.3 is 0 Å². The molecule has 0 saturated carbocycles. The Kier molecular flexibility index (Phi) is 3.60. The van der Waals surface area contributed by atoms with E-state index in [9.17, 15) is 0 Å². The van der Waals surface area contributed by atoms with Crippen molar-refractivity contribution < 1.29 is 4.42 Å². The summed E-state index contributed by atoms with van der Waals surface area (Å²) in [6.45, 7) is 6.96. The van der Waals surface area contributed by atoms with E-state index >= 15 is 0 Å². The molecule has 3 aromatic rings. The minimum absolute atomic E-state index is 0.729. The topological polar surface area (TPSA) is 51.0 Å². The monoisotopic (exact) mass is 281 g/mol. The lowest BCUT2D eigenvalue weighted by Gasteiger charge is -2.07. The molecule has 0 aliphatic rings. The smallest absolute Gasteiger partial charge is 0.165 e. The van der Waals surface area contributed by atoms with Gasteiger partial charge in [0.15, 0.2) is 5.82 Å². The fourth-order valence-electron chi connectivity index (χ4n) is 2.51. The van der Waals surface area contributed by atoms with E-state index in [2.05, 4.69) is 35.2 Å². The first-order valence-electron chi connectivity index (χ1n) is 7.33. The summed E-state index contributed by atoms with van der Waals surface area (Å²) in [6.07, 6.45) is 0.878. The van der Waals surface area contributed by atoms with Crippen LogP contribution >= 0.6 is 0 Å². The van der Waals surface area contributed by atoms with Crippen molar-refractivity contribution in [1.29, 1.82) is 0 Å². The van der Waals surface area contributed by atoms with Crippen molar-refractivity contribution in [1.82, 2.24) is 9.97 Å². The SMILES string of the molecule is CCNc1cc(CC)nc(-c2c(C)oc3ccccc23)n1. The maximum atomic E-state index is 5.83. The minimum Gasteiger partial charge on any atom is -0.461 e. The van der Waals surface area contributed by atoms with Gasteiger partial charge in [-0.3, -0.25) is 0 Å². The summed E-state index contributed by atoms with van der Waals surface area (Å²) < 4.78 is 5.83. The van der Waals surface area contributed by atoms with Gasteiger partial charge in [-0.15, -0.1) is 0 Å². The van der Waals surface area contributed by atoms with E-state index in [1.54, 1.807) is 0 Å². The first-order chi connectivity index (χ1) is 10.2. The summed E-state index contributed by atoms with van der Waals surface area (Å²) in [6, 6.07) is 10.0. The molecule has 108 valence electrons. The van der Waals surface area contributed by atoms with Crippen LogP contribution in [0.3, 0.4) is 0 Å². The molecule has 3 rings (SSSR count). The molecule has 0 aliphatic carbocycles. The van der Waals surface area contributed by atoms with Crippen molar-refractivity contribution in [2.75, 3.05) is 11.9 Å². The Morgan fingerprint density at radius 2 is 1.95 bits per heavy atom. The molecule has 1 N–H and O–H groups in total.